The number of rotatable bonds is 6. The summed E-state index contributed by atoms with van der Waals surface area (Å²) in [6.07, 6.45) is 6.99. The van der Waals surface area contributed by atoms with Gasteiger partial charge in [-0.25, -0.2) is 0 Å². The van der Waals surface area contributed by atoms with Crippen molar-refractivity contribution >= 4 is 11.8 Å². The second kappa shape index (κ2) is 6.23. The predicted molar refractivity (Wildman–Crippen MR) is 93.5 cm³/mol. The van der Waals surface area contributed by atoms with Crippen molar-refractivity contribution in [3.05, 3.63) is 0 Å². The standard InChI is InChI=1S/C19H32N2O4/c1-13(18(24)9-5-10-18)21(14(2)19(25)11-6-12-19)16(23)17(15(20)22)7-3-4-8-17/h13-14,24-25H,3-12H2,1-2H3,(H2,20,22)/t13-,14-/m1/s1. The summed E-state index contributed by atoms with van der Waals surface area (Å²) in [6, 6.07) is -0.879. The fourth-order valence-electron chi connectivity index (χ4n) is 4.91. The van der Waals surface area contributed by atoms with Crippen LogP contribution in [0.1, 0.15) is 78.1 Å². The van der Waals surface area contributed by atoms with Crippen LogP contribution in [0.25, 0.3) is 0 Å². The maximum atomic E-state index is 13.6. The third-order valence-electron chi connectivity index (χ3n) is 7.40. The van der Waals surface area contributed by atoms with Gasteiger partial charge < -0.3 is 20.8 Å². The van der Waals surface area contributed by atoms with Gasteiger partial charge in [-0.05, 0) is 65.2 Å². The van der Waals surface area contributed by atoms with Crippen LogP contribution < -0.4 is 5.73 Å². The fourth-order valence-corrected chi connectivity index (χ4v) is 4.91. The monoisotopic (exact) mass is 352 g/mol. The van der Waals surface area contributed by atoms with E-state index >= 15 is 0 Å². The summed E-state index contributed by atoms with van der Waals surface area (Å²) in [5.41, 5.74) is 2.64. The number of hydrogen-bond acceptors (Lipinski definition) is 4. The van der Waals surface area contributed by atoms with Gasteiger partial charge in [-0.2, -0.15) is 0 Å². The van der Waals surface area contributed by atoms with Crippen LogP contribution in [0, 0.1) is 5.41 Å². The summed E-state index contributed by atoms with van der Waals surface area (Å²) >= 11 is 0. The lowest BCUT2D eigenvalue weighted by Crippen LogP contribution is -2.68. The summed E-state index contributed by atoms with van der Waals surface area (Å²) in [7, 11) is 0. The molecule has 0 aromatic carbocycles. The molecule has 3 saturated carbocycles. The van der Waals surface area contributed by atoms with E-state index in [2.05, 4.69) is 0 Å². The van der Waals surface area contributed by atoms with Gasteiger partial charge in [0.2, 0.25) is 11.8 Å². The Labute approximate surface area is 149 Å². The minimum atomic E-state index is -1.18. The highest BCUT2D eigenvalue weighted by atomic mass is 16.3. The van der Waals surface area contributed by atoms with Crippen molar-refractivity contribution in [2.45, 2.75) is 101 Å². The molecule has 142 valence electrons. The molecule has 0 saturated heterocycles. The molecule has 0 aromatic heterocycles. The molecule has 0 radical (unpaired) electrons. The van der Waals surface area contributed by atoms with Gasteiger partial charge in [0.25, 0.3) is 0 Å². The number of nitrogens with zero attached hydrogens (tertiary/aromatic N) is 1. The van der Waals surface area contributed by atoms with Crippen molar-refractivity contribution in [2.75, 3.05) is 0 Å². The predicted octanol–water partition coefficient (Wildman–Crippen LogP) is 1.47. The van der Waals surface area contributed by atoms with Crippen molar-refractivity contribution < 1.29 is 19.8 Å². The lowest BCUT2D eigenvalue weighted by Gasteiger charge is -2.54. The Bertz CT molecular complexity index is 522. The van der Waals surface area contributed by atoms with Crippen molar-refractivity contribution in [3.63, 3.8) is 0 Å². The number of hydrogen-bond donors (Lipinski definition) is 3. The minimum absolute atomic E-state index is 0.293. The highest BCUT2D eigenvalue weighted by Gasteiger charge is 2.56. The molecule has 0 bridgehead atoms. The van der Waals surface area contributed by atoms with Crippen molar-refractivity contribution in [2.24, 2.45) is 11.1 Å². The van der Waals surface area contributed by atoms with Crippen LogP contribution in [0.4, 0.5) is 0 Å². The van der Waals surface area contributed by atoms with Crippen LogP contribution in [0.5, 0.6) is 0 Å². The Morgan fingerprint density at radius 2 is 1.24 bits per heavy atom. The maximum Gasteiger partial charge on any atom is 0.238 e. The quantitative estimate of drug-likeness (QED) is 0.630. The smallest absolute Gasteiger partial charge is 0.238 e. The van der Waals surface area contributed by atoms with E-state index in [0.717, 1.165) is 25.7 Å². The molecule has 6 heteroatoms. The van der Waals surface area contributed by atoms with Gasteiger partial charge >= 0.3 is 0 Å². The van der Waals surface area contributed by atoms with Crippen LogP contribution >= 0.6 is 0 Å². The normalized spacial score (nSPS) is 28.3. The average molecular weight is 352 g/mol. The Kier molecular flexibility index (Phi) is 4.65. The maximum absolute atomic E-state index is 13.6. The number of primary amides is 1. The van der Waals surface area contributed by atoms with Gasteiger partial charge in [0.15, 0.2) is 0 Å². The first-order valence-corrected chi connectivity index (χ1v) is 9.74. The lowest BCUT2D eigenvalue weighted by molar-refractivity contribution is -0.181. The van der Waals surface area contributed by atoms with Crippen LogP contribution in [-0.4, -0.2) is 50.2 Å². The topological polar surface area (TPSA) is 104 Å². The van der Waals surface area contributed by atoms with E-state index in [1.165, 1.54) is 0 Å². The zero-order chi connectivity index (χ0) is 18.5. The van der Waals surface area contributed by atoms with E-state index in [4.69, 9.17) is 5.73 Å². The molecule has 2 amide bonds. The molecular formula is C19H32N2O4. The SMILES string of the molecule is C[C@@H](N(C(=O)C1(C(N)=O)CCCC1)[C@H](C)C1(O)CCC1)C1(O)CCC1. The summed E-state index contributed by atoms with van der Waals surface area (Å²) in [5, 5.41) is 21.8. The molecule has 25 heavy (non-hydrogen) atoms. The third-order valence-corrected chi connectivity index (χ3v) is 7.40. The first-order chi connectivity index (χ1) is 11.7. The van der Waals surface area contributed by atoms with E-state index in [0.29, 0.717) is 38.5 Å². The molecule has 4 N–H and O–H groups in total. The molecule has 6 nitrogen and oxygen atoms in total. The van der Waals surface area contributed by atoms with Crippen LogP contribution in [0.3, 0.4) is 0 Å². The Balaban J connectivity index is 1.95. The zero-order valence-corrected chi connectivity index (χ0v) is 15.5. The molecule has 0 heterocycles. The fraction of sp³-hybridized carbons (Fsp3) is 0.895. The van der Waals surface area contributed by atoms with Crippen LogP contribution in [0.15, 0.2) is 0 Å². The van der Waals surface area contributed by atoms with Gasteiger partial charge in [-0.1, -0.05) is 12.8 Å². The number of carbonyl (C=O) groups is 2. The van der Waals surface area contributed by atoms with Crippen molar-refractivity contribution in [3.8, 4) is 0 Å². The largest absolute Gasteiger partial charge is 0.388 e. The van der Waals surface area contributed by atoms with Crippen molar-refractivity contribution in [1.29, 1.82) is 0 Å². The van der Waals surface area contributed by atoms with Crippen molar-refractivity contribution in [1.82, 2.24) is 4.90 Å². The summed E-state index contributed by atoms with van der Waals surface area (Å²) in [5.74, 6) is -0.862. The van der Waals surface area contributed by atoms with E-state index in [-0.39, 0.29) is 5.91 Å². The average Bonchev–Trinajstić information content (AvgIpc) is 3.01. The number of amides is 2. The molecule has 0 aromatic rings. The molecule has 2 atom stereocenters. The third kappa shape index (κ3) is 2.78. The molecule has 3 fully saturated rings. The van der Waals surface area contributed by atoms with Gasteiger partial charge in [0.05, 0.1) is 23.3 Å². The highest BCUT2D eigenvalue weighted by molar-refractivity contribution is 6.05. The van der Waals surface area contributed by atoms with E-state index in [1.807, 2.05) is 13.8 Å². The van der Waals surface area contributed by atoms with Gasteiger partial charge in [0.1, 0.15) is 5.41 Å². The number of aliphatic hydroxyl groups is 2. The molecule has 3 rings (SSSR count). The first-order valence-electron chi connectivity index (χ1n) is 9.74. The van der Waals surface area contributed by atoms with Crippen LogP contribution in [-0.2, 0) is 9.59 Å². The van der Waals surface area contributed by atoms with Gasteiger partial charge in [0, 0.05) is 0 Å². The Morgan fingerprint density at radius 3 is 1.52 bits per heavy atom. The number of carbonyl (C=O) groups excluding carboxylic acids is 2. The molecular weight excluding hydrogens is 320 g/mol. The molecule has 0 spiro atoms. The second-order valence-corrected chi connectivity index (χ2v) is 8.63. The van der Waals surface area contributed by atoms with E-state index < -0.39 is 34.6 Å². The Hall–Kier alpha value is -1.14. The van der Waals surface area contributed by atoms with Gasteiger partial charge in [-0.3, -0.25) is 9.59 Å². The first kappa shape index (κ1) is 18.6. The number of nitrogens with two attached hydrogens (primary N) is 1. The summed E-state index contributed by atoms with van der Waals surface area (Å²) in [4.78, 5) is 27.4. The summed E-state index contributed by atoms with van der Waals surface area (Å²) < 4.78 is 0. The molecule has 3 aliphatic rings. The molecule has 0 aliphatic heterocycles. The van der Waals surface area contributed by atoms with E-state index in [9.17, 15) is 19.8 Å². The minimum Gasteiger partial charge on any atom is -0.388 e. The van der Waals surface area contributed by atoms with E-state index in [1.54, 1.807) is 4.90 Å². The lowest BCUT2D eigenvalue weighted by atomic mass is 9.70. The molecule has 0 unspecified atom stereocenters. The molecule has 3 aliphatic carbocycles. The zero-order valence-electron chi connectivity index (χ0n) is 15.5. The van der Waals surface area contributed by atoms with Crippen LogP contribution in [0.2, 0.25) is 0 Å². The highest BCUT2D eigenvalue weighted by Crippen LogP contribution is 2.46. The summed E-state index contributed by atoms with van der Waals surface area (Å²) in [6.45, 7) is 3.69. The van der Waals surface area contributed by atoms with Gasteiger partial charge in [-0.15, -0.1) is 0 Å². The second-order valence-electron chi connectivity index (χ2n) is 8.63. The Morgan fingerprint density at radius 1 is 0.840 bits per heavy atom.